The van der Waals surface area contributed by atoms with Crippen molar-refractivity contribution < 1.29 is 4.79 Å². The number of nitrogens with zero attached hydrogens (tertiary/aromatic N) is 1. The predicted molar refractivity (Wildman–Crippen MR) is 92.4 cm³/mol. The summed E-state index contributed by atoms with van der Waals surface area (Å²) in [6.07, 6.45) is 7.05. The number of hydrogen-bond donors (Lipinski definition) is 0. The Morgan fingerprint density at radius 1 is 0.870 bits per heavy atom. The SMILES string of the molecule is O=C1c2ccccc2C(Cc2ccccc2)N1C1CCCCC1. The molecule has 118 valence electrons. The molecule has 1 fully saturated rings. The van der Waals surface area contributed by atoms with Crippen molar-refractivity contribution in [2.75, 3.05) is 0 Å². The van der Waals surface area contributed by atoms with Gasteiger partial charge in [-0.1, -0.05) is 67.8 Å². The largest absolute Gasteiger partial charge is 0.328 e. The van der Waals surface area contributed by atoms with Crippen molar-refractivity contribution in [2.24, 2.45) is 0 Å². The highest BCUT2D eigenvalue weighted by Crippen LogP contribution is 2.40. The van der Waals surface area contributed by atoms with E-state index in [1.807, 2.05) is 12.1 Å². The van der Waals surface area contributed by atoms with Crippen LogP contribution in [0.3, 0.4) is 0 Å². The third-order valence-electron chi connectivity index (χ3n) is 5.36. The first kappa shape index (κ1) is 14.5. The third-order valence-corrected chi connectivity index (χ3v) is 5.36. The van der Waals surface area contributed by atoms with Crippen LogP contribution in [0.1, 0.15) is 59.6 Å². The van der Waals surface area contributed by atoms with Crippen LogP contribution in [0.4, 0.5) is 0 Å². The van der Waals surface area contributed by atoms with Crippen LogP contribution in [0, 0.1) is 0 Å². The quantitative estimate of drug-likeness (QED) is 0.800. The molecule has 1 unspecified atom stereocenters. The van der Waals surface area contributed by atoms with Gasteiger partial charge in [0, 0.05) is 11.6 Å². The van der Waals surface area contributed by atoms with Crippen LogP contribution in [0.15, 0.2) is 54.6 Å². The average Bonchev–Trinajstić information content (AvgIpc) is 2.89. The first-order chi connectivity index (χ1) is 11.3. The van der Waals surface area contributed by atoms with Gasteiger partial charge in [0.25, 0.3) is 5.91 Å². The topological polar surface area (TPSA) is 20.3 Å². The van der Waals surface area contributed by atoms with Crippen molar-refractivity contribution in [3.05, 3.63) is 71.3 Å². The molecular formula is C21H23NO. The number of amides is 1. The van der Waals surface area contributed by atoms with Gasteiger partial charge in [-0.15, -0.1) is 0 Å². The van der Waals surface area contributed by atoms with Crippen LogP contribution in [0.2, 0.25) is 0 Å². The highest BCUT2D eigenvalue weighted by molar-refractivity contribution is 5.99. The molecule has 2 aliphatic rings. The van der Waals surface area contributed by atoms with Gasteiger partial charge in [-0.2, -0.15) is 0 Å². The molecule has 1 aliphatic heterocycles. The maximum atomic E-state index is 13.0. The van der Waals surface area contributed by atoms with Crippen LogP contribution >= 0.6 is 0 Å². The first-order valence-electron chi connectivity index (χ1n) is 8.80. The molecule has 1 heterocycles. The summed E-state index contributed by atoms with van der Waals surface area (Å²) in [5.74, 6) is 0.244. The van der Waals surface area contributed by atoms with E-state index in [1.165, 1.54) is 30.4 Å². The van der Waals surface area contributed by atoms with Gasteiger partial charge in [-0.3, -0.25) is 4.79 Å². The fourth-order valence-electron chi connectivity index (χ4n) is 4.24. The molecule has 23 heavy (non-hydrogen) atoms. The molecule has 1 amide bonds. The minimum absolute atomic E-state index is 0.198. The molecule has 2 nitrogen and oxygen atoms in total. The summed E-state index contributed by atoms with van der Waals surface area (Å²) < 4.78 is 0. The first-order valence-corrected chi connectivity index (χ1v) is 8.80. The van der Waals surface area contributed by atoms with E-state index in [0.717, 1.165) is 24.8 Å². The molecule has 0 radical (unpaired) electrons. The number of fused-ring (bicyclic) bond motifs is 1. The molecule has 2 aromatic rings. The molecule has 1 aliphatic carbocycles. The summed E-state index contributed by atoms with van der Waals surface area (Å²) >= 11 is 0. The lowest BCUT2D eigenvalue weighted by Crippen LogP contribution is -2.40. The molecule has 2 heteroatoms. The van der Waals surface area contributed by atoms with Gasteiger partial charge in [0.1, 0.15) is 0 Å². The van der Waals surface area contributed by atoms with E-state index in [1.54, 1.807) is 0 Å². The minimum Gasteiger partial charge on any atom is -0.328 e. The van der Waals surface area contributed by atoms with E-state index in [9.17, 15) is 4.79 Å². The molecule has 0 N–H and O–H groups in total. The zero-order chi connectivity index (χ0) is 15.6. The summed E-state index contributed by atoms with van der Waals surface area (Å²) in [4.78, 5) is 15.2. The Balaban J connectivity index is 1.70. The van der Waals surface area contributed by atoms with Crippen LogP contribution in [-0.4, -0.2) is 16.8 Å². The molecule has 1 saturated carbocycles. The third kappa shape index (κ3) is 2.67. The van der Waals surface area contributed by atoms with Gasteiger partial charge in [0.2, 0.25) is 0 Å². The second-order valence-electron chi connectivity index (χ2n) is 6.80. The molecule has 1 atom stereocenters. The van der Waals surface area contributed by atoms with Gasteiger partial charge < -0.3 is 4.90 Å². The fourth-order valence-corrected chi connectivity index (χ4v) is 4.24. The molecule has 0 bridgehead atoms. The Kier molecular flexibility index (Phi) is 3.90. The van der Waals surface area contributed by atoms with Crippen molar-refractivity contribution in [2.45, 2.75) is 50.6 Å². The number of carbonyl (C=O) groups excluding carboxylic acids is 1. The van der Waals surface area contributed by atoms with Crippen molar-refractivity contribution in [1.29, 1.82) is 0 Å². The summed E-state index contributed by atoms with van der Waals surface area (Å²) in [6, 6.07) is 19.4. The van der Waals surface area contributed by atoms with Crippen molar-refractivity contribution in [3.8, 4) is 0 Å². The Bertz CT molecular complexity index is 688. The zero-order valence-corrected chi connectivity index (χ0v) is 13.4. The van der Waals surface area contributed by atoms with Crippen molar-refractivity contribution >= 4 is 5.91 Å². The average molecular weight is 305 g/mol. The Labute approximate surface area is 138 Å². The summed E-state index contributed by atoms with van der Waals surface area (Å²) in [5, 5.41) is 0. The second-order valence-corrected chi connectivity index (χ2v) is 6.80. The maximum absolute atomic E-state index is 13.0. The van der Waals surface area contributed by atoms with E-state index in [-0.39, 0.29) is 11.9 Å². The number of hydrogen-bond acceptors (Lipinski definition) is 1. The van der Waals surface area contributed by atoms with Gasteiger partial charge in [0.15, 0.2) is 0 Å². The lowest BCUT2D eigenvalue weighted by Gasteiger charge is -2.36. The molecular weight excluding hydrogens is 282 g/mol. The highest BCUT2D eigenvalue weighted by atomic mass is 16.2. The predicted octanol–water partition coefficient (Wildman–Crippen LogP) is 4.76. The highest BCUT2D eigenvalue weighted by Gasteiger charge is 2.40. The number of benzene rings is 2. The standard InChI is InChI=1S/C21H23NO/c23-21-19-14-8-7-13-18(19)20(15-16-9-3-1-4-10-16)22(21)17-11-5-2-6-12-17/h1,3-4,7-10,13-14,17,20H,2,5-6,11-12,15H2. The second kappa shape index (κ2) is 6.19. The van der Waals surface area contributed by atoms with Gasteiger partial charge in [-0.25, -0.2) is 0 Å². The van der Waals surface area contributed by atoms with Gasteiger partial charge in [-0.05, 0) is 36.5 Å². The Morgan fingerprint density at radius 3 is 2.35 bits per heavy atom. The summed E-state index contributed by atoms with van der Waals surface area (Å²) in [7, 11) is 0. The van der Waals surface area contributed by atoms with E-state index in [0.29, 0.717) is 6.04 Å². The van der Waals surface area contributed by atoms with Crippen molar-refractivity contribution in [1.82, 2.24) is 4.90 Å². The van der Waals surface area contributed by atoms with Crippen LogP contribution < -0.4 is 0 Å². The van der Waals surface area contributed by atoms with Crippen LogP contribution in [-0.2, 0) is 6.42 Å². The molecule has 0 saturated heterocycles. The van der Waals surface area contributed by atoms with E-state index in [2.05, 4.69) is 47.4 Å². The minimum atomic E-state index is 0.198. The molecule has 2 aromatic carbocycles. The van der Waals surface area contributed by atoms with Crippen LogP contribution in [0.5, 0.6) is 0 Å². The Hall–Kier alpha value is -2.09. The normalized spacial score (nSPS) is 21.5. The number of carbonyl (C=O) groups is 1. The van der Waals surface area contributed by atoms with E-state index < -0.39 is 0 Å². The van der Waals surface area contributed by atoms with Crippen LogP contribution in [0.25, 0.3) is 0 Å². The fraction of sp³-hybridized carbons (Fsp3) is 0.381. The van der Waals surface area contributed by atoms with Gasteiger partial charge in [0.05, 0.1) is 6.04 Å². The Morgan fingerprint density at radius 2 is 1.57 bits per heavy atom. The maximum Gasteiger partial charge on any atom is 0.254 e. The zero-order valence-electron chi connectivity index (χ0n) is 13.4. The number of rotatable bonds is 3. The summed E-state index contributed by atoms with van der Waals surface area (Å²) in [5.41, 5.74) is 3.44. The molecule has 0 aromatic heterocycles. The monoisotopic (exact) mass is 305 g/mol. The molecule has 4 rings (SSSR count). The summed E-state index contributed by atoms with van der Waals surface area (Å²) in [6.45, 7) is 0. The lowest BCUT2D eigenvalue weighted by atomic mass is 9.92. The van der Waals surface area contributed by atoms with Gasteiger partial charge >= 0.3 is 0 Å². The van der Waals surface area contributed by atoms with Crippen molar-refractivity contribution in [3.63, 3.8) is 0 Å². The molecule has 0 spiro atoms. The van der Waals surface area contributed by atoms with E-state index in [4.69, 9.17) is 0 Å². The van der Waals surface area contributed by atoms with E-state index >= 15 is 0 Å². The smallest absolute Gasteiger partial charge is 0.254 e. The lowest BCUT2D eigenvalue weighted by molar-refractivity contribution is 0.0570.